The van der Waals surface area contributed by atoms with Crippen LogP contribution in [0.4, 0.5) is 13.2 Å². The number of nitrogens with one attached hydrogen (secondary N) is 1. The lowest BCUT2D eigenvalue weighted by Gasteiger charge is -2.12. The third kappa shape index (κ3) is 6.25. The van der Waals surface area contributed by atoms with Crippen molar-refractivity contribution in [2.45, 2.75) is 29.8 Å². The fourth-order valence-electron chi connectivity index (χ4n) is 1.57. The average molecular weight is 342 g/mol. The van der Waals surface area contributed by atoms with Crippen molar-refractivity contribution < 1.29 is 21.6 Å². The van der Waals surface area contributed by atoms with E-state index in [0.717, 1.165) is 0 Å². The first-order valence-electron chi connectivity index (χ1n) is 6.21. The Morgan fingerprint density at radius 1 is 1.38 bits per heavy atom. The number of hydrogen-bond donors (Lipinski definition) is 2. The fraction of sp³-hybridized carbons (Fsp3) is 0.500. The second kappa shape index (κ2) is 7.48. The van der Waals surface area contributed by atoms with Gasteiger partial charge in [-0.3, -0.25) is 0 Å². The maximum Gasteiger partial charge on any atom is 0.441 e. The van der Waals surface area contributed by atoms with Crippen LogP contribution in [0.1, 0.15) is 24.9 Å². The van der Waals surface area contributed by atoms with Crippen molar-refractivity contribution in [3.8, 4) is 0 Å². The van der Waals surface area contributed by atoms with Crippen LogP contribution in [-0.2, 0) is 10.0 Å². The Morgan fingerprint density at radius 2 is 2.05 bits per heavy atom. The number of thioether (sulfide) groups is 1. The zero-order valence-corrected chi connectivity index (χ0v) is 13.0. The van der Waals surface area contributed by atoms with E-state index in [0.29, 0.717) is 12.0 Å². The van der Waals surface area contributed by atoms with Gasteiger partial charge in [-0.15, -0.1) is 0 Å². The molecule has 0 aromatic heterocycles. The standard InChI is InChI=1S/C12H17F3N2O2S2/c1-2-11(16)9-4-3-5-10(8-9)21(18,19)17-6-7-20-12(13,14)15/h3-5,8,11,17H,2,6-7,16H2,1H3. The van der Waals surface area contributed by atoms with Crippen LogP contribution in [0.3, 0.4) is 0 Å². The highest BCUT2D eigenvalue weighted by Crippen LogP contribution is 2.29. The summed E-state index contributed by atoms with van der Waals surface area (Å²) < 4.78 is 62.0. The normalized spacial score (nSPS) is 14.1. The minimum Gasteiger partial charge on any atom is -0.324 e. The summed E-state index contributed by atoms with van der Waals surface area (Å²) in [4.78, 5) is 0.000841. The van der Waals surface area contributed by atoms with E-state index in [1.807, 2.05) is 6.92 Å². The van der Waals surface area contributed by atoms with E-state index >= 15 is 0 Å². The van der Waals surface area contributed by atoms with Gasteiger partial charge < -0.3 is 5.73 Å². The van der Waals surface area contributed by atoms with Crippen LogP contribution < -0.4 is 10.5 Å². The molecule has 0 aliphatic carbocycles. The third-order valence-corrected chi connectivity index (χ3v) is 4.89. The van der Waals surface area contributed by atoms with Crippen LogP contribution in [0.2, 0.25) is 0 Å². The van der Waals surface area contributed by atoms with Crippen LogP contribution in [0.5, 0.6) is 0 Å². The van der Waals surface area contributed by atoms with E-state index in [2.05, 4.69) is 4.72 Å². The summed E-state index contributed by atoms with van der Waals surface area (Å²) in [5.74, 6) is -0.378. The summed E-state index contributed by atoms with van der Waals surface area (Å²) in [6, 6.07) is 5.82. The van der Waals surface area contributed by atoms with Crippen LogP contribution in [-0.4, -0.2) is 26.2 Å². The van der Waals surface area contributed by atoms with E-state index < -0.39 is 15.5 Å². The second-order valence-corrected chi connectivity index (χ2v) is 7.21. The Labute approximate surface area is 126 Å². The minimum atomic E-state index is -4.36. The summed E-state index contributed by atoms with van der Waals surface area (Å²) >= 11 is -0.266. The third-order valence-electron chi connectivity index (χ3n) is 2.70. The molecular weight excluding hydrogens is 325 g/mol. The predicted molar refractivity (Wildman–Crippen MR) is 77.4 cm³/mol. The number of alkyl halides is 3. The van der Waals surface area contributed by atoms with Gasteiger partial charge in [0.25, 0.3) is 0 Å². The fourth-order valence-corrected chi connectivity index (χ4v) is 3.23. The molecule has 0 radical (unpaired) electrons. The molecule has 3 N–H and O–H groups in total. The smallest absolute Gasteiger partial charge is 0.324 e. The van der Waals surface area contributed by atoms with Crippen LogP contribution in [0.15, 0.2) is 29.2 Å². The second-order valence-electron chi connectivity index (χ2n) is 4.28. The van der Waals surface area contributed by atoms with Crippen LogP contribution >= 0.6 is 11.8 Å². The molecule has 0 spiro atoms. The van der Waals surface area contributed by atoms with Crippen molar-refractivity contribution >= 4 is 21.8 Å². The maximum absolute atomic E-state index is 12.0. The number of benzene rings is 1. The first-order chi connectivity index (χ1) is 9.65. The minimum absolute atomic E-state index is 0.000841. The van der Waals surface area contributed by atoms with Gasteiger partial charge >= 0.3 is 5.51 Å². The molecule has 0 saturated heterocycles. The Morgan fingerprint density at radius 3 is 2.62 bits per heavy atom. The zero-order valence-electron chi connectivity index (χ0n) is 11.4. The number of sulfonamides is 1. The molecule has 1 atom stereocenters. The van der Waals surface area contributed by atoms with Gasteiger partial charge in [-0.25, -0.2) is 13.1 Å². The molecule has 0 fully saturated rings. The van der Waals surface area contributed by atoms with Crippen molar-refractivity contribution in [2.75, 3.05) is 12.3 Å². The topological polar surface area (TPSA) is 72.2 Å². The molecule has 0 aliphatic heterocycles. The highest BCUT2D eigenvalue weighted by Gasteiger charge is 2.27. The van der Waals surface area contributed by atoms with Crippen molar-refractivity contribution in [3.05, 3.63) is 29.8 Å². The molecular formula is C12H17F3N2O2S2. The molecule has 1 aromatic carbocycles. The maximum atomic E-state index is 12.0. The molecule has 0 aliphatic rings. The van der Waals surface area contributed by atoms with E-state index in [1.165, 1.54) is 12.1 Å². The van der Waals surface area contributed by atoms with E-state index in [1.54, 1.807) is 12.1 Å². The van der Waals surface area contributed by atoms with E-state index in [9.17, 15) is 21.6 Å². The van der Waals surface area contributed by atoms with Gasteiger partial charge in [0.1, 0.15) is 0 Å². The van der Waals surface area contributed by atoms with Gasteiger partial charge in [0.15, 0.2) is 0 Å². The molecule has 0 saturated carbocycles. The molecule has 1 rings (SSSR count). The van der Waals surface area contributed by atoms with Crippen LogP contribution in [0.25, 0.3) is 0 Å². The molecule has 1 aromatic rings. The summed E-state index contributed by atoms with van der Waals surface area (Å²) in [5, 5.41) is 0. The summed E-state index contributed by atoms with van der Waals surface area (Å²) in [6.45, 7) is 1.58. The quantitative estimate of drug-likeness (QED) is 0.747. The van der Waals surface area contributed by atoms with Gasteiger partial charge in [0, 0.05) is 18.3 Å². The van der Waals surface area contributed by atoms with E-state index in [4.69, 9.17) is 5.73 Å². The molecule has 21 heavy (non-hydrogen) atoms. The first kappa shape index (κ1) is 18.3. The molecule has 1 unspecified atom stereocenters. The number of hydrogen-bond acceptors (Lipinski definition) is 4. The number of rotatable bonds is 7. The SMILES string of the molecule is CCC(N)c1cccc(S(=O)(=O)NCCSC(F)(F)F)c1. The lowest BCUT2D eigenvalue weighted by molar-refractivity contribution is -0.0327. The van der Waals surface area contributed by atoms with Crippen molar-refractivity contribution in [1.29, 1.82) is 0 Å². The summed E-state index contributed by atoms with van der Waals surface area (Å²) in [6.07, 6.45) is 0.652. The largest absolute Gasteiger partial charge is 0.441 e. The zero-order chi connectivity index (χ0) is 16.1. The molecule has 9 heteroatoms. The molecule has 0 amide bonds. The van der Waals surface area contributed by atoms with Gasteiger partial charge in [-0.1, -0.05) is 19.1 Å². The van der Waals surface area contributed by atoms with Crippen molar-refractivity contribution in [3.63, 3.8) is 0 Å². The molecule has 0 bridgehead atoms. The van der Waals surface area contributed by atoms with E-state index in [-0.39, 0.29) is 35.0 Å². The predicted octanol–water partition coefficient (Wildman–Crippen LogP) is 2.63. The van der Waals surface area contributed by atoms with Crippen molar-refractivity contribution in [1.82, 2.24) is 4.72 Å². The lowest BCUT2D eigenvalue weighted by Crippen LogP contribution is -2.27. The Bertz CT molecular complexity index is 562. The van der Waals surface area contributed by atoms with Crippen molar-refractivity contribution in [2.24, 2.45) is 5.73 Å². The summed E-state index contributed by atoms with van der Waals surface area (Å²) in [5.41, 5.74) is 2.14. The highest BCUT2D eigenvalue weighted by molar-refractivity contribution is 8.00. The molecule has 4 nitrogen and oxygen atoms in total. The van der Waals surface area contributed by atoms with Gasteiger partial charge in [-0.05, 0) is 35.9 Å². The highest BCUT2D eigenvalue weighted by atomic mass is 32.2. The monoisotopic (exact) mass is 342 g/mol. The van der Waals surface area contributed by atoms with Gasteiger partial charge in [0.05, 0.1) is 4.90 Å². The molecule has 0 heterocycles. The average Bonchev–Trinajstić information content (AvgIpc) is 2.42. The Balaban J connectivity index is 2.70. The Kier molecular flexibility index (Phi) is 6.51. The number of nitrogens with two attached hydrogens (primary N) is 1. The molecule has 120 valence electrons. The first-order valence-corrected chi connectivity index (χ1v) is 8.68. The number of halogens is 3. The lowest BCUT2D eigenvalue weighted by atomic mass is 10.1. The van der Waals surface area contributed by atoms with Gasteiger partial charge in [0.2, 0.25) is 10.0 Å². The van der Waals surface area contributed by atoms with Gasteiger partial charge in [-0.2, -0.15) is 13.2 Å². The summed E-state index contributed by atoms with van der Waals surface area (Å²) in [7, 11) is -3.83. The van der Waals surface area contributed by atoms with Crippen LogP contribution in [0, 0.1) is 0 Å². The Hall–Kier alpha value is -0.770.